The topological polar surface area (TPSA) is 52.6 Å². The van der Waals surface area contributed by atoms with Crippen molar-refractivity contribution in [3.8, 4) is 0 Å². The summed E-state index contributed by atoms with van der Waals surface area (Å²) in [6.45, 7) is 3.07. The maximum atomic E-state index is 11.0. The lowest BCUT2D eigenvalue weighted by molar-refractivity contribution is -0.239. The minimum Gasteiger partial charge on any atom is -0.428 e. The molecule has 0 unspecified atom stereocenters. The van der Waals surface area contributed by atoms with Crippen molar-refractivity contribution in [2.75, 3.05) is 0 Å². The van der Waals surface area contributed by atoms with Crippen LogP contribution in [0.1, 0.15) is 13.8 Å². The number of carbonyl (C=O) groups is 2. The van der Waals surface area contributed by atoms with Crippen molar-refractivity contribution in [2.45, 2.75) is 23.1 Å². The molecule has 12 heavy (non-hydrogen) atoms. The molecule has 0 saturated carbocycles. The Morgan fingerprint density at radius 1 is 1.25 bits per heavy atom. The zero-order chi connectivity index (χ0) is 9.57. The summed E-state index contributed by atoms with van der Waals surface area (Å²) in [4.78, 5) is 22.0. The molecule has 1 aliphatic rings. The van der Waals surface area contributed by atoms with E-state index >= 15 is 0 Å². The van der Waals surface area contributed by atoms with E-state index in [2.05, 4.69) is 36.6 Å². The van der Waals surface area contributed by atoms with Crippen LogP contribution < -0.4 is 0 Å². The second-order valence-corrected chi connectivity index (χ2v) is 6.03. The first-order valence-corrected chi connectivity index (χ1v) is 4.69. The van der Waals surface area contributed by atoms with Crippen molar-refractivity contribution < 1.29 is 19.1 Å². The van der Waals surface area contributed by atoms with Crippen molar-refractivity contribution >= 4 is 43.6 Å². The van der Waals surface area contributed by atoms with Gasteiger partial charge in [0.05, 0.1) is 0 Å². The van der Waals surface area contributed by atoms with Crippen LogP contribution in [-0.2, 0) is 19.1 Å². The van der Waals surface area contributed by atoms with Crippen LogP contribution in [0.3, 0.4) is 0 Å². The van der Waals surface area contributed by atoms with E-state index in [1.54, 1.807) is 0 Å². The van der Waals surface area contributed by atoms with Gasteiger partial charge in [0.1, 0.15) is 0 Å². The first-order chi connectivity index (χ1) is 5.25. The normalized spacial score (nSPS) is 26.7. The molecule has 0 aliphatic carbocycles. The fourth-order valence-electron chi connectivity index (χ4n) is 0.764. The fourth-order valence-corrected chi connectivity index (χ4v) is 1.87. The quantitative estimate of drug-likeness (QED) is 0.384. The largest absolute Gasteiger partial charge is 0.428 e. The van der Waals surface area contributed by atoms with Crippen LogP contribution in [0.15, 0.2) is 0 Å². The number of hydrogen-bond acceptors (Lipinski definition) is 4. The smallest absolute Gasteiger partial charge is 0.382 e. The highest BCUT2D eigenvalue weighted by Crippen LogP contribution is 2.38. The van der Waals surface area contributed by atoms with Gasteiger partial charge in [0.15, 0.2) is 0 Å². The van der Waals surface area contributed by atoms with Crippen LogP contribution in [0.4, 0.5) is 0 Å². The van der Waals surface area contributed by atoms with Crippen molar-refractivity contribution in [3.63, 3.8) is 0 Å². The monoisotopic (exact) mass is 300 g/mol. The lowest BCUT2D eigenvalue weighted by atomic mass is 10.3. The van der Waals surface area contributed by atoms with Crippen LogP contribution in [0.5, 0.6) is 0 Å². The standard InChI is InChI=1S/C6H6Br2O4/c1-5(2)11-4(10)3(9)6(7,8)12-5/h1-2H3. The SMILES string of the molecule is CC1(C)OC(=O)C(=O)C(Br)(Br)O1. The van der Waals surface area contributed by atoms with Gasteiger partial charge in [0.25, 0.3) is 9.20 Å². The van der Waals surface area contributed by atoms with Crippen molar-refractivity contribution in [3.05, 3.63) is 0 Å². The number of halogens is 2. The average molecular weight is 302 g/mol. The number of carbonyl (C=O) groups excluding carboxylic acids is 2. The molecule has 0 aromatic rings. The highest BCUT2D eigenvalue weighted by molar-refractivity contribution is 9.25. The Labute approximate surface area is 85.8 Å². The number of esters is 1. The molecule has 1 fully saturated rings. The first kappa shape index (κ1) is 10.1. The molecule has 0 aromatic carbocycles. The van der Waals surface area contributed by atoms with Crippen molar-refractivity contribution in [2.24, 2.45) is 0 Å². The highest BCUT2D eigenvalue weighted by atomic mass is 79.9. The van der Waals surface area contributed by atoms with Gasteiger partial charge in [0.2, 0.25) is 5.79 Å². The number of hydrogen-bond donors (Lipinski definition) is 0. The molecular weight excluding hydrogens is 296 g/mol. The Bertz CT molecular complexity index is 246. The lowest BCUT2D eigenvalue weighted by Gasteiger charge is -2.35. The van der Waals surface area contributed by atoms with Gasteiger partial charge in [-0.2, -0.15) is 0 Å². The Balaban J connectivity index is 2.95. The maximum Gasteiger partial charge on any atom is 0.382 e. The predicted molar refractivity (Wildman–Crippen MR) is 46.8 cm³/mol. The predicted octanol–water partition coefficient (Wildman–Crippen LogP) is 1.31. The van der Waals surface area contributed by atoms with Gasteiger partial charge in [-0.05, 0) is 31.9 Å². The summed E-state index contributed by atoms with van der Waals surface area (Å²) < 4.78 is 8.29. The molecule has 0 N–H and O–H groups in total. The number of ether oxygens (including phenoxy) is 2. The molecule has 1 aliphatic heterocycles. The van der Waals surface area contributed by atoms with Crippen LogP contribution in [0, 0.1) is 0 Å². The molecule has 0 atom stereocenters. The molecule has 0 bridgehead atoms. The van der Waals surface area contributed by atoms with Crippen LogP contribution in [0.2, 0.25) is 0 Å². The second-order valence-electron chi connectivity index (χ2n) is 2.74. The summed E-state index contributed by atoms with van der Waals surface area (Å²) in [5.41, 5.74) is 0. The second kappa shape index (κ2) is 2.78. The molecule has 4 nitrogen and oxygen atoms in total. The molecule has 1 rings (SSSR count). The molecule has 6 heteroatoms. The molecule has 0 amide bonds. The summed E-state index contributed by atoms with van der Waals surface area (Å²) in [7, 11) is 0. The number of alkyl halides is 2. The van der Waals surface area contributed by atoms with Gasteiger partial charge in [-0.3, -0.25) is 4.79 Å². The number of ketones is 1. The molecule has 1 heterocycles. The number of Topliss-reactive ketones (excluding diaryl/α,β-unsaturated/α-hetero) is 1. The third-order valence-corrected chi connectivity index (χ3v) is 2.21. The maximum absolute atomic E-state index is 11.0. The van der Waals surface area contributed by atoms with Crippen molar-refractivity contribution in [1.82, 2.24) is 0 Å². The van der Waals surface area contributed by atoms with Crippen LogP contribution >= 0.6 is 31.9 Å². The summed E-state index contributed by atoms with van der Waals surface area (Å²) in [5.74, 6) is -2.82. The third-order valence-electron chi connectivity index (χ3n) is 1.16. The van der Waals surface area contributed by atoms with Gasteiger partial charge < -0.3 is 9.47 Å². The average Bonchev–Trinajstić information content (AvgIpc) is 1.79. The Kier molecular flexibility index (Phi) is 2.35. The van der Waals surface area contributed by atoms with E-state index in [0.717, 1.165) is 0 Å². The number of rotatable bonds is 0. The number of cyclic esters (lactones) is 1. The van der Waals surface area contributed by atoms with E-state index in [1.807, 2.05) is 0 Å². The Hall–Kier alpha value is 0.0600. The van der Waals surface area contributed by atoms with Gasteiger partial charge in [-0.25, -0.2) is 4.79 Å². The molecule has 0 spiro atoms. The van der Waals surface area contributed by atoms with E-state index < -0.39 is 21.0 Å². The molecular formula is C6H6Br2O4. The summed E-state index contributed by atoms with van der Waals surface area (Å²) in [6.07, 6.45) is 0. The Morgan fingerprint density at radius 2 is 1.75 bits per heavy atom. The summed E-state index contributed by atoms with van der Waals surface area (Å²) >= 11 is 5.84. The zero-order valence-electron chi connectivity index (χ0n) is 6.39. The lowest BCUT2D eigenvalue weighted by Crippen LogP contribution is -2.51. The van der Waals surface area contributed by atoms with Crippen LogP contribution in [0.25, 0.3) is 0 Å². The minimum absolute atomic E-state index is 0.804. The van der Waals surface area contributed by atoms with E-state index in [0.29, 0.717) is 0 Å². The molecule has 0 radical (unpaired) electrons. The first-order valence-electron chi connectivity index (χ1n) is 3.10. The molecule has 68 valence electrons. The molecule has 0 aromatic heterocycles. The molecule has 1 saturated heterocycles. The van der Waals surface area contributed by atoms with Gasteiger partial charge in [0, 0.05) is 13.8 Å². The summed E-state index contributed by atoms with van der Waals surface area (Å²) in [5, 5.41) is 0. The minimum atomic E-state index is -1.45. The highest BCUT2D eigenvalue weighted by Gasteiger charge is 2.50. The van der Waals surface area contributed by atoms with Crippen LogP contribution in [-0.4, -0.2) is 21.0 Å². The van der Waals surface area contributed by atoms with E-state index in [1.165, 1.54) is 13.8 Å². The fraction of sp³-hybridized carbons (Fsp3) is 0.667. The Morgan fingerprint density at radius 3 is 2.17 bits per heavy atom. The van der Waals surface area contributed by atoms with E-state index in [9.17, 15) is 9.59 Å². The van der Waals surface area contributed by atoms with E-state index in [4.69, 9.17) is 4.74 Å². The summed E-state index contributed by atoms with van der Waals surface area (Å²) in [6, 6.07) is 0. The van der Waals surface area contributed by atoms with Gasteiger partial charge >= 0.3 is 5.97 Å². The zero-order valence-corrected chi connectivity index (χ0v) is 9.56. The van der Waals surface area contributed by atoms with E-state index in [-0.39, 0.29) is 0 Å². The van der Waals surface area contributed by atoms with Gasteiger partial charge in [-0.15, -0.1) is 0 Å². The van der Waals surface area contributed by atoms with Gasteiger partial charge in [-0.1, -0.05) is 0 Å². The van der Waals surface area contributed by atoms with Crippen molar-refractivity contribution in [1.29, 1.82) is 0 Å². The third kappa shape index (κ3) is 1.86.